The Morgan fingerprint density at radius 1 is 1.09 bits per heavy atom. The Morgan fingerprint density at radius 2 is 1.74 bits per heavy atom. The lowest BCUT2D eigenvalue weighted by Gasteiger charge is -2.14. The number of aryl methyl sites for hydroxylation is 3. The predicted octanol–water partition coefficient (Wildman–Crippen LogP) is 5.08. The van der Waals surface area contributed by atoms with E-state index in [-0.39, 0.29) is 12.8 Å². The Labute approximate surface area is 145 Å². The monoisotopic (exact) mass is 352 g/mol. The zero-order chi connectivity index (χ0) is 17.0. The number of anilines is 1. The lowest BCUT2D eigenvalue weighted by molar-refractivity contribution is 0.234. The van der Waals surface area contributed by atoms with Crippen molar-refractivity contribution in [3.8, 4) is 5.75 Å². The topological polar surface area (TPSA) is 50.4 Å². The fraction of sp³-hybridized carbons (Fsp3) is 0.235. The Bertz CT molecular complexity index is 710. The third-order valence-corrected chi connectivity index (χ3v) is 3.80. The number of halogens is 2. The van der Waals surface area contributed by atoms with Gasteiger partial charge in [0.05, 0.1) is 5.02 Å². The summed E-state index contributed by atoms with van der Waals surface area (Å²) in [4.78, 5) is 12.0. The molecule has 2 aromatic carbocycles. The van der Waals surface area contributed by atoms with Crippen LogP contribution in [0.3, 0.4) is 0 Å². The minimum atomic E-state index is -0.342. The Kier molecular flexibility index (Phi) is 5.74. The van der Waals surface area contributed by atoms with Gasteiger partial charge in [0.15, 0.2) is 6.73 Å². The first-order valence-electron chi connectivity index (χ1n) is 7.07. The van der Waals surface area contributed by atoms with Crippen molar-refractivity contribution in [2.45, 2.75) is 20.8 Å². The van der Waals surface area contributed by atoms with Crippen LogP contribution in [0.1, 0.15) is 16.7 Å². The van der Waals surface area contributed by atoms with Crippen LogP contribution < -0.4 is 15.4 Å². The molecule has 0 radical (unpaired) electrons. The van der Waals surface area contributed by atoms with Gasteiger partial charge >= 0.3 is 6.03 Å². The maximum atomic E-state index is 12.0. The quantitative estimate of drug-likeness (QED) is 0.754. The van der Waals surface area contributed by atoms with Crippen molar-refractivity contribution >= 4 is 34.9 Å². The molecular formula is C17H18Cl2N2O2. The normalized spacial score (nSPS) is 10.3. The lowest BCUT2D eigenvalue weighted by atomic mass is 10.1. The molecule has 0 aromatic heterocycles. The summed E-state index contributed by atoms with van der Waals surface area (Å²) in [6.07, 6.45) is 0. The maximum Gasteiger partial charge on any atom is 0.321 e. The van der Waals surface area contributed by atoms with Crippen molar-refractivity contribution in [2.75, 3.05) is 12.0 Å². The van der Waals surface area contributed by atoms with Crippen LogP contribution in [0.2, 0.25) is 10.0 Å². The van der Waals surface area contributed by atoms with E-state index in [9.17, 15) is 4.79 Å². The zero-order valence-corrected chi connectivity index (χ0v) is 14.7. The Morgan fingerprint density at radius 3 is 2.35 bits per heavy atom. The molecule has 0 aliphatic carbocycles. The predicted molar refractivity (Wildman–Crippen MR) is 94.8 cm³/mol. The highest BCUT2D eigenvalue weighted by Gasteiger charge is 2.08. The molecule has 0 atom stereocenters. The molecule has 0 unspecified atom stereocenters. The number of rotatable bonds is 4. The summed E-state index contributed by atoms with van der Waals surface area (Å²) < 4.78 is 5.42. The number of ether oxygens (including phenoxy) is 1. The minimum absolute atomic E-state index is 0.00284. The number of urea groups is 1. The number of hydrogen-bond donors (Lipinski definition) is 2. The highest BCUT2D eigenvalue weighted by atomic mass is 35.5. The van der Waals surface area contributed by atoms with E-state index in [2.05, 4.69) is 10.6 Å². The summed E-state index contributed by atoms with van der Waals surface area (Å²) in [5, 5.41) is 6.38. The van der Waals surface area contributed by atoms with Crippen LogP contribution in [-0.4, -0.2) is 12.8 Å². The van der Waals surface area contributed by atoms with Crippen LogP contribution in [0.15, 0.2) is 30.3 Å². The Balaban J connectivity index is 1.91. The summed E-state index contributed by atoms with van der Waals surface area (Å²) in [5.41, 5.74) is 3.99. The highest BCUT2D eigenvalue weighted by Crippen LogP contribution is 2.27. The molecule has 2 N–H and O–H groups in total. The molecule has 0 bridgehead atoms. The van der Waals surface area contributed by atoms with Gasteiger partial charge in [-0.15, -0.1) is 0 Å². The van der Waals surface area contributed by atoms with Crippen LogP contribution in [0, 0.1) is 20.8 Å². The second-order valence-corrected chi connectivity index (χ2v) is 6.11. The third-order valence-electron chi connectivity index (χ3n) is 3.27. The fourth-order valence-electron chi connectivity index (χ4n) is 2.31. The van der Waals surface area contributed by atoms with Crippen LogP contribution in [0.4, 0.5) is 10.5 Å². The lowest BCUT2D eigenvalue weighted by Crippen LogP contribution is -2.32. The molecular weight excluding hydrogens is 335 g/mol. The standard InChI is InChI=1S/C17H18Cl2N2O2/c1-10-6-11(2)16(12(3)7-10)21-17(22)20-9-23-15-5-4-13(18)8-14(15)19/h4-8H,9H2,1-3H3,(H2,20,21,22). The van der Waals surface area contributed by atoms with Gasteiger partial charge in [-0.2, -0.15) is 0 Å². The van der Waals surface area contributed by atoms with E-state index in [0.29, 0.717) is 15.8 Å². The summed E-state index contributed by atoms with van der Waals surface area (Å²) in [6.45, 7) is 5.93. The fourth-order valence-corrected chi connectivity index (χ4v) is 2.77. The van der Waals surface area contributed by atoms with Crippen molar-refractivity contribution in [3.63, 3.8) is 0 Å². The van der Waals surface area contributed by atoms with Crippen molar-refractivity contribution in [2.24, 2.45) is 0 Å². The Hall–Kier alpha value is -1.91. The van der Waals surface area contributed by atoms with E-state index in [1.54, 1.807) is 18.2 Å². The average molecular weight is 353 g/mol. The minimum Gasteiger partial charge on any atom is -0.472 e. The van der Waals surface area contributed by atoms with Crippen molar-refractivity contribution < 1.29 is 9.53 Å². The summed E-state index contributed by atoms with van der Waals surface area (Å²) in [6, 6.07) is 8.60. The number of benzene rings is 2. The first-order chi connectivity index (χ1) is 10.9. The second kappa shape index (κ2) is 7.57. The van der Waals surface area contributed by atoms with E-state index in [1.807, 2.05) is 32.9 Å². The average Bonchev–Trinajstić information content (AvgIpc) is 2.45. The molecule has 2 amide bonds. The molecule has 0 aliphatic heterocycles. The van der Waals surface area contributed by atoms with Gasteiger partial charge in [-0.05, 0) is 50.1 Å². The number of nitrogens with one attached hydrogen (secondary N) is 2. The number of hydrogen-bond acceptors (Lipinski definition) is 2. The smallest absolute Gasteiger partial charge is 0.321 e. The SMILES string of the molecule is Cc1cc(C)c(NC(=O)NCOc2ccc(Cl)cc2Cl)c(C)c1. The number of carbonyl (C=O) groups excluding carboxylic acids is 1. The summed E-state index contributed by atoms with van der Waals surface area (Å²) >= 11 is 11.8. The van der Waals surface area contributed by atoms with Gasteiger partial charge in [-0.25, -0.2) is 4.79 Å². The molecule has 6 heteroatoms. The molecule has 0 saturated carbocycles. The third kappa shape index (κ3) is 4.78. The van der Waals surface area contributed by atoms with Gasteiger partial charge < -0.3 is 15.4 Å². The van der Waals surface area contributed by atoms with Crippen molar-refractivity contribution in [1.29, 1.82) is 0 Å². The van der Waals surface area contributed by atoms with Crippen LogP contribution in [-0.2, 0) is 0 Å². The van der Waals surface area contributed by atoms with Crippen LogP contribution in [0.5, 0.6) is 5.75 Å². The summed E-state index contributed by atoms with van der Waals surface area (Å²) in [5.74, 6) is 0.457. The van der Waals surface area contributed by atoms with Gasteiger partial charge in [-0.3, -0.25) is 0 Å². The molecule has 0 aliphatic rings. The first-order valence-corrected chi connectivity index (χ1v) is 7.83. The second-order valence-electron chi connectivity index (χ2n) is 5.27. The molecule has 0 saturated heterocycles. The van der Waals surface area contributed by atoms with E-state index in [1.165, 1.54) is 0 Å². The van der Waals surface area contributed by atoms with Gasteiger partial charge in [0.1, 0.15) is 5.75 Å². The van der Waals surface area contributed by atoms with Crippen molar-refractivity contribution in [3.05, 3.63) is 57.1 Å². The van der Waals surface area contributed by atoms with Crippen LogP contribution >= 0.6 is 23.2 Å². The molecule has 4 nitrogen and oxygen atoms in total. The van der Waals surface area contributed by atoms with E-state index < -0.39 is 0 Å². The van der Waals surface area contributed by atoms with Gasteiger partial charge in [-0.1, -0.05) is 40.9 Å². The first kappa shape index (κ1) is 17.4. The molecule has 0 spiro atoms. The molecule has 0 fully saturated rings. The molecule has 122 valence electrons. The van der Waals surface area contributed by atoms with E-state index in [4.69, 9.17) is 27.9 Å². The molecule has 0 heterocycles. The zero-order valence-electron chi connectivity index (χ0n) is 13.2. The van der Waals surface area contributed by atoms with Crippen molar-refractivity contribution in [1.82, 2.24) is 5.32 Å². The van der Waals surface area contributed by atoms with Gasteiger partial charge in [0, 0.05) is 10.7 Å². The molecule has 23 heavy (non-hydrogen) atoms. The number of amides is 2. The van der Waals surface area contributed by atoms with Gasteiger partial charge in [0.2, 0.25) is 0 Å². The summed E-state index contributed by atoms with van der Waals surface area (Å²) in [7, 11) is 0. The molecule has 2 aromatic rings. The highest BCUT2D eigenvalue weighted by molar-refractivity contribution is 6.35. The van der Waals surface area contributed by atoms with E-state index >= 15 is 0 Å². The maximum absolute atomic E-state index is 12.0. The van der Waals surface area contributed by atoms with Gasteiger partial charge in [0.25, 0.3) is 0 Å². The number of carbonyl (C=O) groups is 1. The molecule has 2 rings (SSSR count). The largest absolute Gasteiger partial charge is 0.472 e. The van der Waals surface area contributed by atoms with E-state index in [0.717, 1.165) is 22.4 Å². The van der Waals surface area contributed by atoms with Crippen LogP contribution in [0.25, 0.3) is 0 Å².